The molecule has 1 N–H and O–H groups in total. The molecule has 0 rings (SSSR count). The number of rotatable bonds is 9. The van der Waals surface area contributed by atoms with Crippen LogP contribution in [0.3, 0.4) is 0 Å². The molecule has 0 fully saturated rings. The van der Waals surface area contributed by atoms with Crippen LogP contribution in [-0.4, -0.2) is 24.7 Å². The second kappa shape index (κ2) is 9.37. The Hall–Kier alpha value is -0.570. The summed E-state index contributed by atoms with van der Waals surface area (Å²) in [5, 5.41) is 3.01. The molecule has 0 aromatic heterocycles. The standard InChI is InChI=1S/C15H31NO2/c1-11(2)9-10-18-13(5)7-8-15(17)16-14(6)12(3)4/h11-14H,7-10H2,1-6H3,(H,16,17). The van der Waals surface area contributed by atoms with Crippen LogP contribution in [0.25, 0.3) is 0 Å². The molecule has 2 unspecified atom stereocenters. The van der Waals surface area contributed by atoms with Crippen molar-refractivity contribution >= 4 is 5.91 Å². The largest absolute Gasteiger partial charge is 0.378 e. The first-order valence-corrected chi connectivity index (χ1v) is 7.23. The predicted octanol–water partition coefficient (Wildman–Crippen LogP) is 3.38. The second-order valence-electron chi connectivity index (χ2n) is 6.00. The molecule has 0 aliphatic heterocycles. The molecule has 0 aromatic rings. The van der Waals surface area contributed by atoms with Crippen molar-refractivity contribution in [3.05, 3.63) is 0 Å². The van der Waals surface area contributed by atoms with Crippen LogP contribution in [-0.2, 0) is 9.53 Å². The molecule has 0 spiro atoms. The Morgan fingerprint density at radius 3 is 2.17 bits per heavy atom. The maximum atomic E-state index is 11.7. The van der Waals surface area contributed by atoms with Gasteiger partial charge in [-0.2, -0.15) is 0 Å². The van der Waals surface area contributed by atoms with E-state index in [2.05, 4.69) is 33.0 Å². The van der Waals surface area contributed by atoms with Crippen LogP contribution in [0.1, 0.15) is 60.8 Å². The Labute approximate surface area is 113 Å². The Morgan fingerprint density at radius 1 is 1.06 bits per heavy atom. The Bertz CT molecular complexity index is 227. The molecule has 1 amide bonds. The SMILES string of the molecule is CC(C)CCOC(C)CCC(=O)NC(C)C(C)C. The van der Waals surface area contributed by atoms with Gasteiger partial charge in [0, 0.05) is 19.1 Å². The summed E-state index contributed by atoms with van der Waals surface area (Å²) in [4.78, 5) is 11.7. The molecular formula is C15H31NO2. The van der Waals surface area contributed by atoms with Gasteiger partial charge in [-0.05, 0) is 38.5 Å². The van der Waals surface area contributed by atoms with Crippen LogP contribution in [0, 0.1) is 11.8 Å². The smallest absolute Gasteiger partial charge is 0.220 e. The highest BCUT2D eigenvalue weighted by atomic mass is 16.5. The highest BCUT2D eigenvalue weighted by Crippen LogP contribution is 2.06. The maximum absolute atomic E-state index is 11.7. The fourth-order valence-corrected chi connectivity index (χ4v) is 1.42. The summed E-state index contributed by atoms with van der Waals surface area (Å²) < 4.78 is 5.68. The van der Waals surface area contributed by atoms with Crippen LogP contribution in [0.5, 0.6) is 0 Å². The van der Waals surface area contributed by atoms with E-state index in [0.29, 0.717) is 18.3 Å². The third kappa shape index (κ3) is 9.46. The van der Waals surface area contributed by atoms with Crippen LogP contribution >= 0.6 is 0 Å². The van der Waals surface area contributed by atoms with Gasteiger partial charge < -0.3 is 10.1 Å². The first-order chi connectivity index (χ1) is 8.32. The van der Waals surface area contributed by atoms with Crippen molar-refractivity contribution in [3.63, 3.8) is 0 Å². The van der Waals surface area contributed by atoms with Crippen molar-refractivity contribution in [1.29, 1.82) is 0 Å². The van der Waals surface area contributed by atoms with Crippen LogP contribution in [0.15, 0.2) is 0 Å². The number of amides is 1. The Balaban J connectivity index is 3.65. The van der Waals surface area contributed by atoms with Gasteiger partial charge in [-0.1, -0.05) is 27.7 Å². The molecule has 108 valence electrons. The van der Waals surface area contributed by atoms with Crippen molar-refractivity contribution < 1.29 is 9.53 Å². The van der Waals surface area contributed by atoms with Crippen molar-refractivity contribution in [1.82, 2.24) is 5.32 Å². The summed E-state index contributed by atoms with van der Waals surface area (Å²) in [6.45, 7) is 13.5. The summed E-state index contributed by atoms with van der Waals surface area (Å²) in [5.41, 5.74) is 0. The normalized spacial score (nSPS) is 14.9. The zero-order valence-electron chi connectivity index (χ0n) is 13.0. The average Bonchev–Trinajstić information content (AvgIpc) is 2.25. The fourth-order valence-electron chi connectivity index (χ4n) is 1.42. The highest BCUT2D eigenvalue weighted by Gasteiger charge is 2.12. The van der Waals surface area contributed by atoms with E-state index < -0.39 is 0 Å². The van der Waals surface area contributed by atoms with E-state index >= 15 is 0 Å². The lowest BCUT2D eigenvalue weighted by Crippen LogP contribution is -2.36. The number of nitrogens with one attached hydrogen (secondary N) is 1. The van der Waals surface area contributed by atoms with Crippen molar-refractivity contribution in [2.24, 2.45) is 11.8 Å². The average molecular weight is 257 g/mol. The molecule has 2 atom stereocenters. The molecular weight excluding hydrogens is 226 g/mol. The van der Waals surface area contributed by atoms with E-state index in [-0.39, 0.29) is 18.1 Å². The van der Waals surface area contributed by atoms with Crippen molar-refractivity contribution in [2.45, 2.75) is 73.0 Å². The first kappa shape index (κ1) is 17.4. The molecule has 3 heteroatoms. The quantitative estimate of drug-likeness (QED) is 0.687. The summed E-state index contributed by atoms with van der Waals surface area (Å²) in [6.07, 6.45) is 2.61. The first-order valence-electron chi connectivity index (χ1n) is 7.23. The van der Waals surface area contributed by atoms with E-state index in [4.69, 9.17) is 4.74 Å². The highest BCUT2D eigenvalue weighted by molar-refractivity contribution is 5.76. The van der Waals surface area contributed by atoms with Crippen molar-refractivity contribution in [3.8, 4) is 0 Å². The minimum absolute atomic E-state index is 0.135. The number of ether oxygens (including phenoxy) is 1. The van der Waals surface area contributed by atoms with Crippen LogP contribution in [0.4, 0.5) is 0 Å². The van der Waals surface area contributed by atoms with Gasteiger partial charge in [0.2, 0.25) is 5.91 Å². The molecule has 0 radical (unpaired) electrons. The summed E-state index contributed by atoms with van der Waals surface area (Å²) in [7, 11) is 0. The van der Waals surface area contributed by atoms with Gasteiger partial charge in [0.05, 0.1) is 6.10 Å². The maximum Gasteiger partial charge on any atom is 0.220 e. The monoisotopic (exact) mass is 257 g/mol. The summed E-state index contributed by atoms with van der Waals surface area (Å²) >= 11 is 0. The molecule has 0 saturated heterocycles. The molecule has 0 aliphatic carbocycles. The minimum Gasteiger partial charge on any atom is -0.378 e. The Kier molecular flexibility index (Phi) is 9.08. The van der Waals surface area contributed by atoms with E-state index in [1.54, 1.807) is 0 Å². The van der Waals surface area contributed by atoms with Gasteiger partial charge in [0.25, 0.3) is 0 Å². The van der Waals surface area contributed by atoms with Crippen LogP contribution in [0.2, 0.25) is 0 Å². The number of carbonyl (C=O) groups is 1. The topological polar surface area (TPSA) is 38.3 Å². The zero-order chi connectivity index (χ0) is 14.1. The van der Waals surface area contributed by atoms with Gasteiger partial charge in [0.15, 0.2) is 0 Å². The lowest BCUT2D eigenvalue weighted by Gasteiger charge is -2.18. The zero-order valence-corrected chi connectivity index (χ0v) is 13.0. The van der Waals surface area contributed by atoms with Gasteiger partial charge >= 0.3 is 0 Å². The second-order valence-corrected chi connectivity index (χ2v) is 6.00. The third-order valence-corrected chi connectivity index (χ3v) is 3.26. The molecule has 3 nitrogen and oxygen atoms in total. The molecule has 18 heavy (non-hydrogen) atoms. The van der Waals surface area contributed by atoms with Crippen molar-refractivity contribution in [2.75, 3.05) is 6.61 Å². The lowest BCUT2D eigenvalue weighted by atomic mass is 10.1. The molecule has 0 aromatic carbocycles. The molecule has 0 bridgehead atoms. The fraction of sp³-hybridized carbons (Fsp3) is 0.933. The Morgan fingerprint density at radius 2 is 1.67 bits per heavy atom. The number of hydrogen-bond acceptors (Lipinski definition) is 2. The van der Waals surface area contributed by atoms with Crippen LogP contribution < -0.4 is 5.32 Å². The molecule has 0 heterocycles. The third-order valence-electron chi connectivity index (χ3n) is 3.26. The number of carbonyl (C=O) groups excluding carboxylic acids is 1. The van der Waals surface area contributed by atoms with Gasteiger partial charge in [-0.3, -0.25) is 4.79 Å². The molecule has 0 saturated carbocycles. The predicted molar refractivity (Wildman–Crippen MR) is 76.5 cm³/mol. The van der Waals surface area contributed by atoms with E-state index in [1.165, 1.54) is 0 Å². The van der Waals surface area contributed by atoms with E-state index in [1.807, 2.05) is 13.8 Å². The van der Waals surface area contributed by atoms with E-state index in [9.17, 15) is 4.79 Å². The van der Waals surface area contributed by atoms with Gasteiger partial charge in [0.1, 0.15) is 0 Å². The summed E-state index contributed by atoms with van der Waals surface area (Å²) in [6, 6.07) is 0.245. The lowest BCUT2D eigenvalue weighted by molar-refractivity contribution is -0.122. The molecule has 0 aliphatic rings. The minimum atomic E-state index is 0.135. The van der Waals surface area contributed by atoms with Gasteiger partial charge in [-0.15, -0.1) is 0 Å². The number of hydrogen-bond donors (Lipinski definition) is 1. The summed E-state index contributed by atoms with van der Waals surface area (Å²) in [5.74, 6) is 1.29. The van der Waals surface area contributed by atoms with Gasteiger partial charge in [-0.25, -0.2) is 0 Å². The van der Waals surface area contributed by atoms with E-state index in [0.717, 1.165) is 19.4 Å².